The SMILES string of the molecule is C=CCNC(C)[N+]1(CC=C)C=NCC1. The zero-order valence-corrected chi connectivity index (χ0v) is 8.95. The first-order chi connectivity index (χ1) is 6.75. The molecule has 1 aliphatic heterocycles. The van der Waals surface area contributed by atoms with E-state index in [9.17, 15) is 0 Å². The first-order valence-corrected chi connectivity index (χ1v) is 5.08. The van der Waals surface area contributed by atoms with Crippen molar-refractivity contribution in [3.8, 4) is 0 Å². The van der Waals surface area contributed by atoms with Crippen molar-refractivity contribution in [2.75, 3.05) is 26.2 Å². The number of nitrogens with zero attached hydrogens (tertiary/aromatic N) is 2. The molecule has 1 rings (SSSR count). The van der Waals surface area contributed by atoms with E-state index in [-0.39, 0.29) is 0 Å². The third-order valence-electron chi connectivity index (χ3n) is 2.75. The Morgan fingerprint density at radius 1 is 1.57 bits per heavy atom. The number of hydrogen-bond donors (Lipinski definition) is 1. The van der Waals surface area contributed by atoms with E-state index < -0.39 is 0 Å². The van der Waals surface area contributed by atoms with E-state index in [4.69, 9.17) is 0 Å². The number of hydrogen-bond acceptors (Lipinski definition) is 2. The van der Waals surface area contributed by atoms with Crippen molar-refractivity contribution in [3.05, 3.63) is 25.3 Å². The second-order valence-corrected chi connectivity index (χ2v) is 3.69. The largest absolute Gasteiger partial charge is 0.264 e. The predicted molar refractivity (Wildman–Crippen MR) is 61.2 cm³/mol. The van der Waals surface area contributed by atoms with Gasteiger partial charge in [0.1, 0.15) is 19.3 Å². The van der Waals surface area contributed by atoms with E-state index in [1.54, 1.807) is 0 Å². The molecule has 0 amide bonds. The molecule has 0 aromatic rings. The van der Waals surface area contributed by atoms with Crippen molar-refractivity contribution in [1.29, 1.82) is 0 Å². The highest BCUT2D eigenvalue weighted by Gasteiger charge is 2.33. The van der Waals surface area contributed by atoms with Crippen molar-refractivity contribution in [2.45, 2.75) is 13.1 Å². The van der Waals surface area contributed by atoms with Gasteiger partial charge in [-0.05, 0) is 6.08 Å². The molecule has 2 atom stereocenters. The molecule has 0 aromatic heterocycles. The maximum Gasteiger partial charge on any atom is 0.187 e. The quantitative estimate of drug-likeness (QED) is 0.498. The summed E-state index contributed by atoms with van der Waals surface area (Å²) in [6, 6.07) is 0. The van der Waals surface area contributed by atoms with E-state index >= 15 is 0 Å². The lowest BCUT2D eigenvalue weighted by molar-refractivity contribution is -0.850. The van der Waals surface area contributed by atoms with Gasteiger partial charge in [-0.15, -0.1) is 6.58 Å². The van der Waals surface area contributed by atoms with E-state index in [1.165, 1.54) is 0 Å². The van der Waals surface area contributed by atoms with Crippen LogP contribution in [0.25, 0.3) is 0 Å². The van der Waals surface area contributed by atoms with Gasteiger partial charge in [0.25, 0.3) is 0 Å². The molecule has 1 aliphatic rings. The van der Waals surface area contributed by atoms with Crippen molar-refractivity contribution in [2.24, 2.45) is 4.99 Å². The van der Waals surface area contributed by atoms with Crippen LogP contribution in [0.5, 0.6) is 0 Å². The average Bonchev–Trinajstić information content (AvgIpc) is 2.64. The van der Waals surface area contributed by atoms with Crippen molar-refractivity contribution in [1.82, 2.24) is 5.32 Å². The van der Waals surface area contributed by atoms with Crippen LogP contribution in [0, 0.1) is 0 Å². The summed E-state index contributed by atoms with van der Waals surface area (Å²) in [7, 11) is 0. The molecule has 1 heterocycles. The number of nitrogens with one attached hydrogen (secondary N) is 1. The van der Waals surface area contributed by atoms with Crippen LogP contribution in [-0.2, 0) is 0 Å². The van der Waals surface area contributed by atoms with Crippen molar-refractivity contribution >= 4 is 6.34 Å². The van der Waals surface area contributed by atoms with E-state index in [0.29, 0.717) is 6.17 Å². The van der Waals surface area contributed by atoms with Gasteiger partial charge in [-0.25, -0.2) is 4.99 Å². The summed E-state index contributed by atoms with van der Waals surface area (Å²) in [5.41, 5.74) is 0. The third-order valence-corrected chi connectivity index (χ3v) is 2.75. The highest BCUT2D eigenvalue weighted by Crippen LogP contribution is 2.13. The number of aliphatic imine (C=N–C) groups is 1. The number of rotatable bonds is 6. The minimum atomic E-state index is 0.372. The second kappa shape index (κ2) is 5.08. The Kier molecular flexibility index (Phi) is 4.04. The topological polar surface area (TPSA) is 24.4 Å². The molecule has 0 saturated heterocycles. The smallest absolute Gasteiger partial charge is 0.187 e. The lowest BCUT2D eigenvalue weighted by Crippen LogP contribution is -2.58. The Bertz CT molecular complexity index is 235. The Hall–Kier alpha value is -0.930. The molecule has 3 heteroatoms. The van der Waals surface area contributed by atoms with Gasteiger partial charge in [0.2, 0.25) is 0 Å². The Balaban J connectivity index is 2.61. The monoisotopic (exact) mass is 194 g/mol. The zero-order valence-electron chi connectivity index (χ0n) is 8.95. The van der Waals surface area contributed by atoms with Crippen LogP contribution in [0.15, 0.2) is 30.3 Å². The maximum absolute atomic E-state index is 4.32. The first kappa shape index (κ1) is 11.1. The van der Waals surface area contributed by atoms with E-state index in [2.05, 4.69) is 30.4 Å². The molecule has 14 heavy (non-hydrogen) atoms. The van der Waals surface area contributed by atoms with Crippen molar-refractivity contribution < 1.29 is 4.48 Å². The van der Waals surface area contributed by atoms with E-state index in [1.807, 2.05) is 18.5 Å². The van der Waals surface area contributed by atoms with Crippen LogP contribution >= 0.6 is 0 Å². The molecule has 0 fully saturated rings. The minimum absolute atomic E-state index is 0.372. The molecule has 0 radical (unpaired) electrons. The summed E-state index contributed by atoms with van der Waals surface area (Å²) >= 11 is 0. The summed E-state index contributed by atoms with van der Waals surface area (Å²) in [6.07, 6.45) is 6.26. The Morgan fingerprint density at radius 2 is 2.36 bits per heavy atom. The fraction of sp³-hybridized carbons (Fsp3) is 0.545. The maximum atomic E-state index is 4.32. The molecule has 2 unspecified atom stereocenters. The third kappa shape index (κ3) is 2.30. The molecule has 0 bridgehead atoms. The molecule has 0 spiro atoms. The van der Waals surface area contributed by atoms with Gasteiger partial charge in [-0.1, -0.05) is 12.7 Å². The summed E-state index contributed by atoms with van der Waals surface area (Å²) in [5.74, 6) is 0. The summed E-state index contributed by atoms with van der Waals surface area (Å²) < 4.78 is 0.872. The van der Waals surface area contributed by atoms with Crippen LogP contribution in [-0.4, -0.2) is 43.2 Å². The molecule has 0 aliphatic carbocycles. The highest BCUT2D eigenvalue weighted by molar-refractivity contribution is 5.48. The fourth-order valence-electron chi connectivity index (χ4n) is 1.79. The molecule has 78 valence electrons. The minimum Gasteiger partial charge on any atom is -0.264 e. The average molecular weight is 194 g/mol. The summed E-state index contributed by atoms with van der Waals surface area (Å²) in [6.45, 7) is 13.5. The van der Waals surface area contributed by atoms with Gasteiger partial charge < -0.3 is 0 Å². The Morgan fingerprint density at radius 3 is 2.86 bits per heavy atom. The molecule has 0 saturated carbocycles. The molecular weight excluding hydrogens is 174 g/mol. The lowest BCUT2D eigenvalue weighted by Gasteiger charge is -2.35. The predicted octanol–water partition coefficient (Wildman–Crippen LogP) is 1.15. The van der Waals surface area contributed by atoms with Gasteiger partial charge in [0.15, 0.2) is 6.34 Å². The number of quaternary nitrogens is 1. The zero-order chi connectivity index (χ0) is 10.4. The van der Waals surface area contributed by atoms with Crippen LogP contribution in [0.2, 0.25) is 0 Å². The highest BCUT2D eigenvalue weighted by atomic mass is 15.5. The molecule has 1 N–H and O–H groups in total. The summed E-state index contributed by atoms with van der Waals surface area (Å²) in [4.78, 5) is 4.32. The van der Waals surface area contributed by atoms with Crippen LogP contribution in [0.1, 0.15) is 6.92 Å². The Labute approximate surface area is 86.4 Å². The van der Waals surface area contributed by atoms with Gasteiger partial charge in [0, 0.05) is 13.5 Å². The van der Waals surface area contributed by atoms with Crippen LogP contribution < -0.4 is 5.32 Å². The molecular formula is C11H20N3+. The van der Waals surface area contributed by atoms with Gasteiger partial charge >= 0.3 is 0 Å². The molecule has 3 nitrogen and oxygen atoms in total. The van der Waals surface area contributed by atoms with Gasteiger partial charge in [-0.3, -0.25) is 9.80 Å². The van der Waals surface area contributed by atoms with Crippen LogP contribution in [0.3, 0.4) is 0 Å². The standard InChI is InChI=1S/C11H20N3/c1-4-6-13-11(3)14(8-5-2)9-7-12-10-14/h4-5,10-11,13H,1-2,6-9H2,3H3/q+1. The van der Waals surface area contributed by atoms with Crippen LogP contribution in [0.4, 0.5) is 0 Å². The van der Waals surface area contributed by atoms with Gasteiger partial charge in [0.05, 0.1) is 6.54 Å². The van der Waals surface area contributed by atoms with Gasteiger partial charge in [-0.2, -0.15) is 0 Å². The lowest BCUT2D eigenvalue weighted by atomic mass is 10.3. The fourth-order valence-corrected chi connectivity index (χ4v) is 1.79. The van der Waals surface area contributed by atoms with Crippen molar-refractivity contribution in [3.63, 3.8) is 0 Å². The first-order valence-electron chi connectivity index (χ1n) is 5.08. The molecule has 0 aromatic carbocycles. The second-order valence-electron chi connectivity index (χ2n) is 3.69. The summed E-state index contributed by atoms with van der Waals surface area (Å²) in [5, 5.41) is 3.42. The normalized spacial score (nSPS) is 27.5. The van der Waals surface area contributed by atoms with E-state index in [0.717, 1.165) is 30.7 Å².